The molecule has 0 radical (unpaired) electrons. The van der Waals surface area contributed by atoms with Crippen molar-refractivity contribution in [1.29, 1.82) is 0 Å². The Bertz CT molecular complexity index is 1230. The van der Waals surface area contributed by atoms with E-state index in [0.717, 1.165) is 30.7 Å². The quantitative estimate of drug-likeness (QED) is 0.570. The number of imidazole rings is 1. The Morgan fingerprint density at radius 2 is 1.82 bits per heavy atom. The molecule has 174 valence electrons. The van der Waals surface area contributed by atoms with Crippen LogP contribution in [0.2, 0.25) is 0 Å². The Hall–Kier alpha value is -3.17. The number of piperidine rings is 1. The van der Waals surface area contributed by atoms with Gasteiger partial charge < -0.3 is 14.6 Å². The number of amides is 1. The normalized spacial score (nSPS) is 14.7. The van der Waals surface area contributed by atoms with Gasteiger partial charge in [0.25, 0.3) is 5.91 Å². The fourth-order valence-corrected chi connectivity index (χ4v) is 5.27. The van der Waals surface area contributed by atoms with Gasteiger partial charge in [0.05, 0.1) is 4.90 Å². The third-order valence-electron chi connectivity index (χ3n) is 5.82. The molecule has 1 aliphatic heterocycles. The van der Waals surface area contributed by atoms with Gasteiger partial charge in [-0.2, -0.15) is 4.31 Å². The van der Waals surface area contributed by atoms with Gasteiger partial charge in [0.1, 0.15) is 18.2 Å². The Morgan fingerprint density at radius 3 is 2.48 bits per heavy atom. The summed E-state index contributed by atoms with van der Waals surface area (Å²) in [5.41, 5.74) is 1.71. The smallest absolute Gasteiger partial charge is 0.255 e. The van der Waals surface area contributed by atoms with Crippen molar-refractivity contribution >= 4 is 21.6 Å². The van der Waals surface area contributed by atoms with Crippen LogP contribution in [0.3, 0.4) is 0 Å². The molecule has 1 amide bonds. The number of rotatable bonds is 7. The minimum Gasteiger partial charge on any atom is -0.486 e. The number of hydrogen-bond donors (Lipinski definition) is 1. The summed E-state index contributed by atoms with van der Waals surface area (Å²) in [5.74, 6) is 1.10. The van der Waals surface area contributed by atoms with Crippen molar-refractivity contribution in [3.05, 3.63) is 71.8 Å². The van der Waals surface area contributed by atoms with E-state index in [2.05, 4.69) is 10.3 Å². The standard InChI is InChI=1S/C24H28N4O4S/c1-18-6-11-21(33(30,31)28-13-4-3-5-14-28)16-22(18)26-24(29)19-7-9-20(10-8-19)32-17-23-25-12-15-27(23)2/h6-12,15-16H,3-5,13-14,17H2,1-2H3,(H,26,29). The van der Waals surface area contributed by atoms with Crippen LogP contribution in [0, 0.1) is 6.92 Å². The van der Waals surface area contributed by atoms with Gasteiger partial charge in [0.15, 0.2) is 0 Å². The van der Waals surface area contributed by atoms with Gasteiger partial charge in [0.2, 0.25) is 10.0 Å². The van der Waals surface area contributed by atoms with Gasteiger partial charge in [-0.25, -0.2) is 13.4 Å². The summed E-state index contributed by atoms with van der Waals surface area (Å²) < 4.78 is 35.1. The van der Waals surface area contributed by atoms with Crippen molar-refractivity contribution in [2.24, 2.45) is 7.05 Å². The molecule has 0 bridgehead atoms. The second-order valence-electron chi connectivity index (χ2n) is 8.16. The molecule has 1 aliphatic rings. The average molecular weight is 469 g/mol. The minimum atomic E-state index is -3.58. The summed E-state index contributed by atoms with van der Waals surface area (Å²) in [7, 11) is -1.68. The van der Waals surface area contributed by atoms with E-state index in [0.29, 0.717) is 36.7 Å². The lowest BCUT2D eigenvalue weighted by atomic mass is 10.1. The number of hydrogen-bond acceptors (Lipinski definition) is 5. The monoisotopic (exact) mass is 468 g/mol. The molecule has 8 nitrogen and oxygen atoms in total. The average Bonchev–Trinajstić information content (AvgIpc) is 3.24. The molecule has 4 rings (SSSR count). The Labute approximate surface area is 194 Å². The van der Waals surface area contributed by atoms with Crippen LogP contribution in [0.4, 0.5) is 5.69 Å². The zero-order chi connectivity index (χ0) is 23.4. The van der Waals surface area contributed by atoms with E-state index in [4.69, 9.17) is 4.74 Å². The topological polar surface area (TPSA) is 93.5 Å². The summed E-state index contributed by atoms with van der Waals surface area (Å²) in [4.78, 5) is 17.2. The summed E-state index contributed by atoms with van der Waals surface area (Å²) >= 11 is 0. The molecule has 0 saturated carbocycles. The number of aromatic nitrogens is 2. The van der Waals surface area contributed by atoms with Gasteiger partial charge in [-0.05, 0) is 61.7 Å². The number of anilines is 1. The summed E-state index contributed by atoms with van der Waals surface area (Å²) in [6.45, 7) is 3.23. The third-order valence-corrected chi connectivity index (χ3v) is 7.71. The first-order valence-electron chi connectivity index (χ1n) is 11.0. The van der Waals surface area contributed by atoms with Gasteiger partial charge >= 0.3 is 0 Å². The summed E-state index contributed by atoms with van der Waals surface area (Å²) in [6.07, 6.45) is 6.35. The van der Waals surface area contributed by atoms with Gasteiger partial charge in [-0.3, -0.25) is 4.79 Å². The van der Waals surface area contributed by atoms with Crippen LogP contribution < -0.4 is 10.1 Å². The first-order chi connectivity index (χ1) is 15.8. The highest BCUT2D eigenvalue weighted by atomic mass is 32.2. The molecule has 1 aromatic heterocycles. The van der Waals surface area contributed by atoms with E-state index >= 15 is 0 Å². The molecule has 1 fully saturated rings. The first-order valence-corrected chi connectivity index (χ1v) is 12.4. The number of carbonyl (C=O) groups is 1. The minimum absolute atomic E-state index is 0.198. The van der Waals surface area contributed by atoms with Crippen molar-refractivity contribution < 1.29 is 17.9 Å². The summed E-state index contributed by atoms with van der Waals surface area (Å²) in [6, 6.07) is 11.7. The molecule has 0 atom stereocenters. The van der Waals surface area contributed by atoms with E-state index in [1.165, 1.54) is 4.31 Å². The Morgan fingerprint density at radius 1 is 1.09 bits per heavy atom. The molecule has 2 aromatic carbocycles. The molecule has 0 spiro atoms. The number of ether oxygens (including phenoxy) is 1. The SMILES string of the molecule is Cc1ccc(S(=O)(=O)N2CCCCC2)cc1NC(=O)c1ccc(OCc2nccn2C)cc1. The molecule has 33 heavy (non-hydrogen) atoms. The first kappa shape index (κ1) is 23.0. The Kier molecular flexibility index (Phi) is 6.80. The largest absolute Gasteiger partial charge is 0.486 e. The van der Waals surface area contributed by atoms with E-state index in [-0.39, 0.29) is 10.8 Å². The Balaban J connectivity index is 1.44. The zero-order valence-corrected chi connectivity index (χ0v) is 19.6. The van der Waals surface area contributed by atoms with Gasteiger partial charge in [0, 0.05) is 43.8 Å². The van der Waals surface area contributed by atoms with Crippen molar-refractivity contribution in [2.45, 2.75) is 37.7 Å². The van der Waals surface area contributed by atoms with Gasteiger partial charge in [-0.15, -0.1) is 0 Å². The number of carbonyl (C=O) groups excluding carboxylic acids is 1. The molecular formula is C24H28N4O4S. The number of nitrogens with one attached hydrogen (secondary N) is 1. The predicted molar refractivity (Wildman–Crippen MR) is 126 cm³/mol. The second-order valence-corrected chi connectivity index (χ2v) is 10.1. The molecule has 9 heteroatoms. The molecule has 1 saturated heterocycles. The number of aryl methyl sites for hydroxylation is 2. The summed E-state index contributed by atoms with van der Waals surface area (Å²) in [5, 5.41) is 2.85. The third kappa shape index (κ3) is 5.26. The fourth-order valence-electron chi connectivity index (χ4n) is 3.73. The van der Waals surface area contributed by atoms with Crippen LogP contribution in [-0.4, -0.2) is 41.3 Å². The molecule has 2 heterocycles. The van der Waals surface area contributed by atoms with Gasteiger partial charge in [-0.1, -0.05) is 12.5 Å². The molecule has 3 aromatic rings. The van der Waals surface area contributed by atoms with Crippen LogP contribution in [-0.2, 0) is 23.7 Å². The van der Waals surface area contributed by atoms with Crippen LogP contribution in [0.1, 0.15) is 41.0 Å². The molecule has 1 N–H and O–H groups in total. The van der Waals surface area contributed by atoms with E-state index in [9.17, 15) is 13.2 Å². The lowest BCUT2D eigenvalue weighted by Gasteiger charge is -2.26. The fraction of sp³-hybridized carbons (Fsp3) is 0.333. The van der Waals surface area contributed by atoms with Crippen LogP contribution in [0.25, 0.3) is 0 Å². The molecule has 0 unspecified atom stereocenters. The highest BCUT2D eigenvalue weighted by molar-refractivity contribution is 7.89. The van der Waals surface area contributed by atoms with E-state index in [1.807, 2.05) is 24.7 Å². The van der Waals surface area contributed by atoms with E-state index in [1.54, 1.807) is 48.7 Å². The lowest BCUT2D eigenvalue weighted by Crippen LogP contribution is -2.35. The second kappa shape index (κ2) is 9.76. The van der Waals surface area contributed by atoms with Crippen molar-refractivity contribution in [3.63, 3.8) is 0 Å². The maximum Gasteiger partial charge on any atom is 0.255 e. The zero-order valence-electron chi connectivity index (χ0n) is 18.8. The highest BCUT2D eigenvalue weighted by Crippen LogP contribution is 2.26. The number of nitrogens with zero attached hydrogens (tertiary/aromatic N) is 3. The highest BCUT2D eigenvalue weighted by Gasteiger charge is 2.26. The van der Waals surface area contributed by atoms with Crippen LogP contribution >= 0.6 is 0 Å². The van der Waals surface area contributed by atoms with Crippen molar-refractivity contribution in [1.82, 2.24) is 13.9 Å². The van der Waals surface area contributed by atoms with Crippen LogP contribution in [0.5, 0.6) is 5.75 Å². The van der Waals surface area contributed by atoms with E-state index < -0.39 is 10.0 Å². The molecular weight excluding hydrogens is 440 g/mol. The lowest BCUT2D eigenvalue weighted by molar-refractivity contribution is 0.102. The molecule has 0 aliphatic carbocycles. The predicted octanol–water partition coefficient (Wildman–Crippen LogP) is 3.73. The van der Waals surface area contributed by atoms with Crippen molar-refractivity contribution in [2.75, 3.05) is 18.4 Å². The maximum absolute atomic E-state index is 13.0. The maximum atomic E-state index is 13.0. The number of benzene rings is 2. The van der Waals surface area contributed by atoms with Crippen molar-refractivity contribution in [3.8, 4) is 5.75 Å². The van der Waals surface area contributed by atoms with Crippen LogP contribution in [0.15, 0.2) is 59.8 Å². The number of sulfonamides is 1.